The quantitative estimate of drug-likeness (QED) is 0.736. The molecule has 3 nitrogen and oxygen atoms in total. The summed E-state index contributed by atoms with van der Waals surface area (Å²) < 4.78 is 5.32. The van der Waals surface area contributed by atoms with E-state index in [1.165, 1.54) is 0 Å². The van der Waals surface area contributed by atoms with Crippen molar-refractivity contribution < 1.29 is 14.6 Å². The van der Waals surface area contributed by atoms with Crippen molar-refractivity contribution in [2.24, 2.45) is 5.92 Å². The van der Waals surface area contributed by atoms with Crippen molar-refractivity contribution >= 4 is 17.5 Å². The monoisotopic (exact) mass is 268 g/mol. The molecule has 1 unspecified atom stereocenters. The number of hydrogen-bond acceptors (Lipinski definition) is 4. The molecule has 1 N–H and O–H groups in total. The van der Waals surface area contributed by atoms with Crippen molar-refractivity contribution in [1.82, 2.24) is 0 Å². The van der Waals surface area contributed by atoms with Gasteiger partial charge in [-0.05, 0) is 42.9 Å². The van der Waals surface area contributed by atoms with Crippen molar-refractivity contribution in [3.8, 4) is 5.75 Å². The number of carbonyl (C=O) groups excluding carboxylic acids is 1. The molecule has 0 saturated heterocycles. The lowest BCUT2D eigenvalue weighted by Gasteiger charge is -2.07. The Labute approximate surface area is 113 Å². The van der Waals surface area contributed by atoms with Crippen molar-refractivity contribution in [3.05, 3.63) is 29.8 Å². The smallest absolute Gasteiger partial charge is 0.172 e. The topological polar surface area (TPSA) is 46.5 Å². The maximum atomic E-state index is 11.9. The van der Waals surface area contributed by atoms with Gasteiger partial charge in [0.1, 0.15) is 5.75 Å². The molecule has 0 spiro atoms. The van der Waals surface area contributed by atoms with Crippen LogP contribution in [-0.2, 0) is 0 Å². The van der Waals surface area contributed by atoms with E-state index in [-0.39, 0.29) is 18.3 Å². The summed E-state index contributed by atoms with van der Waals surface area (Å²) in [6.45, 7) is 4.69. The van der Waals surface area contributed by atoms with Gasteiger partial charge in [0, 0.05) is 12.2 Å². The molecule has 100 valence electrons. The average molecular weight is 268 g/mol. The van der Waals surface area contributed by atoms with Crippen LogP contribution < -0.4 is 4.74 Å². The van der Waals surface area contributed by atoms with Gasteiger partial charge >= 0.3 is 0 Å². The highest BCUT2D eigenvalue weighted by molar-refractivity contribution is 7.99. The Morgan fingerprint density at radius 2 is 2.06 bits per heavy atom. The maximum Gasteiger partial charge on any atom is 0.172 e. The summed E-state index contributed by atoms with van der Waals surface area (Å²) in [6.07, 6.45) is 0. The predicted molar refractivity (Wildman–Crippen MR) is 75.5 cm³/mol. The minimum atomic E-state index is 0.119. The minimum Gasteiger partial charge on any atom is -0.494 e. The Morgan fingerprint density at radius 3 is 2.61 bits per heavy atom. The van der Waals surface area contributed by atoms with Gasteiger partial charge in [-0.25, -0.2) is 0 Å². The third-order valence-electron chi connectivity index (χ3n) is 2.43. The van der Waals surface area contributed by atoms with E-state index in [4.69, 9.17) is 9.84 Å². The van der Waals surface area contributed by atoms with Gasteiger partial charge in [0.2, 0.25) is 0 Å². The van der Waals surface area contributed by atoms with E-state index < -0.39 is 0 Å². The summed E-state index contributed by atoms with van der Waals surface area (Å²) in [6, 6.07) is 7.22. The van der Waals surface area contributed by atoms with Gasteiger partial charge in [-0.3, -0.25) is 4.79 Å². The van der Waals surface area contributed by atoms with Crippen LogP contribution >= 0.6 is 11.8 Å². The van der Waals surface area contributed by atoms with E-state index in [1.54, 1.807) is 23.9 Å². The first-order valence-corrected chi connectivity index (χ1v) is 7.27. The third kappa shape index (κ3) is 5.10. The fourth-order valence-electron chi connectivity index (χ4n) is 1.39. The maximum absolute atomic E-state index is 11.9. The number of thioether (sulfide) groups is 1. The average Bonchev–Trinajstić information content (AvgIpc) is 2.39. The molecule has 1 aromatic carbocycles. The molecule has 0 aromatic heterocycles. The summed E-state index contributed by atoms with van der Waals surface area (Å²) in [5.74, 6) is 2.41. The number of carbonyl (C=O) groups is 1. The molecule has 0 bridgehead atoms. The molecule has 0 radical (unpaired) electrons. The van der Waals surface area contributed by atoms with Gasteiger partial charge in [0.15, 0.2) is 5.78 Å². The zero-order chi connectivity index (χ0) is 13.4. The first-order chi connectivity index (χ1) is 8.67. The van der Waals surface area contributed by atoms with E-state index in [2.05, 4.69) is 0 Å². The van der Waals surface area contributed by atoms with Crippen LogP contribution in [0.2, 0.25) is 0 Å². The van der Waals surface area contributed by atoms with Crippen LogP contribution in [0.3, 0.4) is 0 Å². The lowest BCUT2D eigenvalue weighted by atomic mass is 10.1. The Morgan fingerprint density at radius 1 is 1.39 bits per heavy atom. The molecule has 0 heterocycles. The van der Waals surface area contributed by atoms with Crippen LogP contribution in [0.1, 0.15) is 24.2 Å². The van der Waals surface area contributed by atoms with E-state index >= 15 is 0 Å². The standard InChI is InChI=1S/C14H20O3S/c1-3-17-13-6-4-12(5-7-13)14(16)10-18-9-11(2)8-15/h4-7,11,15H,3,8-10H2,1-2H3. The van der Waals surface area contributed by atoms with Gasteiger partial charge in [0.05, 0.1) is 12.4 Å². The predicted octanol–water partition coefficient (Wildman–Crippen LogP) is 2.63. The van der Waals surface area contributed by atoms with Crippen molar-refractivity contribution in [2.75, 3.05) is 24.7 Å². The van der Waals surface area contributed by atoms with E-state index in [9.17, 15) is 4.79 Å². The minimum absolute atomic E-state index is 0.119. The van der Waals surface area contributed by atoms with Crippen molar-refractivity contribution in [1.29, 1.82) is 0 Å². The second-order valence-corrected chi connectivity index (χ2v) is 5.21. The summed E-state index contributed by atoms with van der Waals surface area (Å²) in [5.41, 5.74) is 0.711. The molecule has 18 heavy (non-hydrogen) atoms. The zero-order valence-corrected chi connectivity index (χ0v) is 11.7. The van der Waals surface area contributed by atoms with E-state index in [0.29, 0.717) is 17.9 Å². The molecule has 0 aliphatic carbocycles. The molecule has 4 heteroatoms. The zero-order valence-electron chi connectivity index (χ0n) is 10.9. The first-order valence-electron chi connectivity index (χ1n) is 6.12. The highest BCUT2D eigenvalue weighted by Gasteiger charge is 2.07. The second kappa shape index (κ2) is 8.16. The number of ketones is 1. The molecular formula is C14H20O3S. The fraction of sp³-hybridized carbons (Fsp3) is 0.500. The Bertz CT molecular complexity index is 362. The van der Waals surface area contributed by atoms with Crippen LogP contribution in [0.4, 0.5) is 0 Å². The largest absolute Gasteiger partial charge is 0.494 e. The van der Waals surface area contributed by atoms with Gasteiger partial charge in [-0.15, -0.1) is 0 Å². The van der Waals surface area contributed by atoms with Gasteiger partial charge in [0.25, 0.3) is 0 Å². The Balaban J connectivity index is 2.41. The van der Waals surface area contributed by atoms with Crippen molar-refractivity contribution in [3.63, 3.8) is 0 Å². The number of benzene rings is 1. The molecule has 0 fully saturated rings. The highest BCUT2D eigenvalue weighted by atomic mass is 32.2. The number of hydrogen-bond donors (Lipinski definition) is 1. The third-order valence-corrected chi connectivity index (χ3v) is 3.71. The second-order valence-electron chi connectivity index (χ2n) is 4.18. The van der Waals surface area contributed by atoms with Crippen LogP contribution in [0.25, 0.3) is 0 Å². The van der Waals surface area contributed by atoms with Gasteiger partial charge in [-0.2, -0.15) is 11.8 Å². The molecular weight excluding hydrogens is 248 g/mol. The molecule has 0 aliphatic heterocycles. The number of aliphatic hydroxyl groups is 1. The Kier molecular flexibility index (Phi) is 6.83. The SMILES string of the molecule is CCOc1ccc(C(=O)CSCC(C)CO)cc1. The number of aliphatic hydroxyl groups excluding tert-OH is 1. The number of Topliss-reactive ketones (excluding diaryl/α,β-unsaturated/α-hetero) is 1. The molecule has 1 rings (SSSR count). The highest BCUT2D eigenvalue weighted by Crippen LogP contribution is 2.15. The van der Waals surface area contributed by atoms with Gasteiger partial charge in [-0.1, -0.05) is 6.92 Å². The van der Waals surface area contributed by atoms with Crippen LogP contribution in [0, 0.1) is 5.92 Å². The summed E-state index contributed by atoms with van der Waals surface area (Å²) in [7, 11) is 0. The molecule has 1 atom stereocenters. The summed E-state index contributed by atoms with van der Waals surface area (Å²) in [5, 5.41) is 8.89. The molecule has 0 aliphatic rings. The van der Waals surface area contributed by atoms with Crippen LogP contribution in [0.15, 0.2) is 24.3 Å². The first kappa shape index (κ1) is 15.1. The summed E-state index contributed by atoms with van der Waals surface area (Å²) >= 11 is 1.56. The Hall–Kier alpha value is -1.00. The van der Waals surface area contributed by atoms with Crippen LogP contribution in [-0.4, -0.2) is 35.6 Å². The van der Waals surface area contributed by atoms with Crippen LogP contribution in [0.5, 0.6) is 5.75 Å². The normalized spacial score (nSPS) is 12.2. The fourth-order valence-corrected chi connectivity index (χ4v) is 2.37. The summed E-state index contributed by atoms with van der Waals surface area (Å²) in [4.78, 5) is 11.9. The lowest BCUT2D eigenvalue weighted by molar-refractivity contribution is 0.102. The molecule has 0 amide bonds. The van der Waals surface area contributed by atoms with E-state index in [1.807, 2.05) is 26.0 Å². The molecule has 1 aromatic rings. The van der Waals surface area contributed by atoms with Crippen molar-refractivity contribution in [2.45, 2.75) is 13.8 Å². The molecule has 0 saturated carbocycles. The van der Waals surface area contributed by atoms with Gasteiger partial charge < -0.3 is 9.84 Å². The lowest BCUT2D eigenvalue weighted by Crippen LogP contribution is -2.08. The number of rotatable bonds is 8. The van der Waals surface area contributed by atoms with E-state index in [0.717, 1.165) is 11.5 Å². The number of ether oxygens (including phenoxy) is 1.